The Labute approximate surface area is 134 Å². The molecule has 0 saturated carbocycles. The van der Waals surface area contributed by atoms with Crippen molar-refractivity contribution in [2.45, 2.75) is 6.42 Å². The van der Waals surface area contributed by atoms with Crippen molar-refractivity contribution in [2.75, 3.05) is 10.6 Å². The Kier molecular flexibility index (Phi) is 3.69. The smallest absolute Gasteiger partial charge is 0.255 e. The highest BCUT2D eigenvalue weighted by atomic mass is 79.9. The first-order valence-electron chi connectivity index (χ1n) is 6.22. The third-order valence-corrected chi connectivity index (χ3v) is 4.10. The van der Waals surface area contributed by atoms with E-state index in [4.69, 9.17) is 11.6 Å². The number of amides is 2. The number of carbonyl (C=O) groups is 2. The van der Waals surface area contributed by atoms with E-state index in [1.165, 1.54) is 0 Å². The number of carbonyl (C=O) groups excluding carboxylic acids is 2. The van der Waals surface area contributed by atoms with Gasteiger partial charge in [-0.05, 0) is 51.8 Å². The van der Waals surface area contributed by atoms with Gasteiger partial charge in [-0.25, -0.2) is 0 Å². The van der Waals surface area contributed by atoms with E-state index in [1.807, 2.05) is 0 Å². The Bertz CT molecular complexity index is 761. The molecule has 2 aromatic carbocycles. The summed E-state index contributed by atoms with van der Waals surface area (Å²) in [5, 5.41) is 6.05. The molecule has 2 aromatic rings. The van der Waals surface area contributed by atoms with Gasteiger partial charge in [0, 0.05) is 20.7 Å². The van der Waals surface area contributed by atoms with Gasteiger partial charge >= 0.3 is 0 Å². The third-order valence-electron chi connectivity index (χ3n) is 3.17. The molecule has 3 rings (SSSR count). The Balaban J connectivity index is 1.85. The van der Waals surface area contributed by atoms with Crippen LogP contribution >= 0.6 is 27.5 Å². The molecule has 0 aromatic heterocycles. The fraction of sp³-hybridized carbons (Fsp3) is 0.0667. The maximum Gasteiger partial charge on any atom is 0.255 e. The maximum absolute atomic E-state index is 12.3. The largest absolute Gasteiger partial charge is 0.326 e. The predicted octanol–water partition coefficient (Wildman–Crippen LogP) is 3.85. The summed E-state index contributed by atoms with van der Waals surface area (Å²) in [5.41, 5.74) is 2.66. The monoisotopic (exact) mass is 364 g/mol. The number of fused-ring (bicyclic) bond motifs is 1. The standard InChI is InChI=1S/C15H10BrClN2O2/c16-11-4-3-10(17)7-13(11)19-15(21)9-2-1-8-6-14(20)18-12(8)5-9/h1-5,7H,6H2,(H,18,20)(H,19,21). The van der Waals surface area contributed by atoms with Crippen molar-refractivity contribution in [3.05, 3.63) is 57.0 Å². The summed E-state index contributed by atoms with van der Waals surface area (Å²) in [5.74, 6) is -0.318. The second-order valence-electron chi connectivity index (χ2n) is 4.68. The van der Waals surface area contributed by atoms with Crippen LogP contribution in [0.3, 0.4) is 0 Å². The van der Waals surface area contributed by atoms with E-state index in [1.54, 1.807) is 36.4 Å². The van der Waals surface area contributed by atoms with Crippen molar-refractivity contribution in [3.8, 4) is 0 Å². The molecule has 0 fully saturated rings. The maximum atomic E-state index is 12.3. The first kappa shape index (κ1) is 14.1. The van der Waals surface area contributed by atoms with Crippen molar-refractivity contribution < 1.29 is 9.59 Å². The molecule has 2 N–H and O–H groups in total. The first-order valence-corrected chi connectivity index (χ1v) is 7.39. The van der Waals surface area contributed by atoms with Gasteiger partial charge in [-0.3, -0.25) is 9.59 Å². The van der Waals surface area contributed by atoms with Crippen molar-refractivity contribution in [1.82, 2.24) is 0 Å². The van der Waals surface area contributed by atoms with Gasteiger partial charge in [0.15, 0.2) is 0 Å². The van der Waals surface area contributed by atoms with Crippen LogP contribution in [0.1, 0.15) is 15.9 Å². The molecule has 1 aliphatic rings. The van der Waals surface area contributed by atoms with E-state index in [9.17, 15) is 9.59 Å². The zero-order valence-corrected chi connectivity index (χ0v) is 13.1. The molecule has 106 valence electrons. The third kappa shape index (κ3) is 2.94. The fourth-order valence-corrected chi connectivity index (χ4v) is 2.66. The van der Waals surface area contributed by atoms with Gasteiger partial charge in [0.1, 0.15) is 0 Å². The molecule has 0 bridgehead atoms. The molecule has 1 heterocycles. The van der Waals surface area contributed by atoms with Crippen molar-refractivity contribution in [3.63, 3.8) is 0 Å². The van der Waals surface area contributed by atoms with Crippen LogP contribution in [0.2, 0.25) is 5.02 Å². The van der Waals surface area contributed by atoms with Crippen LogP contribution in [0.15, 0.2) is 40.9 Å². The van der Waals surface area contributed by atoms with E-state index < -0.39 is 0 Å². The lowest BCUT2D eigenvalue weighted by molar-refractivity contribution is -0.115. The topological polar surface area (TPSA) is 58.2 Å². The molecule has 1 aliphatic heterocycles. The van der Waals surface area contributed by atoms with E-state index >= 15 is 0 Å². The summed E-state index contributed by atoms with van der Waals surface area (Å²) in [6.45, 7) is 0. The highest BCUT2D eigenvalue weighted by molar-refractivity contribution is 9.10. The quantitative estimate of drug-likeness (QED) is 0.849. The van der Waals surface area contributed by atoms with Crippen LogP contribution in [0.5, 0.6) is 0 Å². The molecule has 4 nitrogen and oxygen atoms in total. The minimum absolute atomic E-state index is 0.0554. The summed E-state index contributed by atoms with van der Waals surface area (Å²) in [4.78, 5) is 23.6. The highest BCUT2D eigenvalue weighted by Crippen LogP contribution is 2.28. The van der Waals surface area contributed by atoms with Crippen LogP contribution in [0, 0.1) is 0 Å². The summed E-state index contributed by atoms with van der Waals surface area (Å²) in [6, 6.07) is 10.3. The van der Waals surface area contributed by atoms with Gasteiger partial charge in [0.25, 0.3) is 5.91 Å². The Morgan fingerprint density at radius 1 is 1.24 bits per heavy atom. The number of hydrogen-bond acceptors (Lipinski definition) is 2. The van der Waals surface area contributed by atoms with Crippen LogP contribution in [0.4, 0.5) is 11.4 Å². The number of benzene rings is 2. The lowest BCUT2D eigenvalue weighted by atomic mass is 10.1. The predicted molar refractivity (Wildman–Crippen MR) is 85.9 cm³/mol. The molecule has 21 heavy (non-hydrogen) atoms. The number of hydrogen-bond donors (Lipinski definition) is 2. The summed E-state index contributed by atoms with van der Waals surface area (Å²) in [7, 11) is 0. The van der Waals surface area contributed by atoms with Gasteiger partial charge in [-0.15, -0.1) is 0 Å². The molecule has 0 radical (unpaired) electrons. The molecule has 2 amide bonds. The van der Waals surface area contributed by atoms with E-state index in [0.717, 1.165) is 10.0 Å². The number of rotatable bonds is 2. The van der Waals surface area contributed by atoms with Crippen LogP contribution < -0.4 is 10.6 Å². The Hall–Kier alpha value is -1.85. The molecule has 6 heteroatoms. The van der Waals surface area contributed by atoms with Crippen molar-refractivity contribution in [2.24, 2.45) is 0 Å². The molecule has 0 unspecified atom stereocenters. The van der Waals surface area contributed by atoms with Crippen molar-refractivity contribution >= 4 is 50.7 Å². The fourth-order valence-electron chi connectivity index (χ4n) is 2.14. The number of anilines is 2. The average molecular weight is 366 g/mol. The van der Waals surface area contributed by atoms with Crippen LogP contribution in [-0.2, 0) is 11.2 Å². The molecular weight excluding hydrogens is 356 g/mol. The van der Waals surface area contributed by atoms with Gasteiger partial charge in [0.05, 0.1) is 12.1 Å². The second kappa shape index (κ2) is 5.50. The minimum Gasteiger partial charge on any atom is -0.326 e. The highest BCUT2D eigenvalue weighted by Gasteiger charge is 2.19. The average Bonchev–Trinajstić information content (AvgIpc) is 2.81. The van der Waals surface area contributed by atoms with Gasteiger partial charge in [-0.2, -0.15) is 0 Å². The van der Waals surface area contributed by atoms with E-state index in [-0.39, 0.29) is 11.8 Å². The van der Waals surface area contributed by atoms with Gasteiger partial charge in [0.2, 0.25) is 5.91 Å². The molecule has 0 spiro atoms. The lowest BCUT2D eigenvalue weighted by Crippen LogP contribution is -2.12. The molecule has 0 atom stereocenters. The zero-order chi connectivity index (χ0) is 15.0. The van der Waals surface area contributed by atoms with Gasteiger partial charge in [-0.1, -0.05) is 17.7 Å². The van der Waals surface area contributed by atoms with Crippen LogP contribution in [0.25, 0.3) is 0 Å². The lowest BCUT2D eigenvalue weighted by Gasteiger charge is -2.09. The molecule has 0 saturated heterocycles. The van der Waals surface area contributed by atoms with E-state index in [0.29, 0.717) is 28.4 Å². The van der Waals surface area contributed by atoms with Gasteiger partial charge < -0.3 is 10.6 Å². The summed E-state index contributed by atoms with van der Waals surface area (Å²) < 4.78 is 0.745. The number of halogens is 2. The first-order chi connectivity index (χ1) is 10.0. The zero-order valence-electron chi connectivity index (χ0n) is 10.7. The number of nitrogens with one attached hydrogen (secondary N) is 2. The Morgan fingerprint density at radius 2 is 2.05 bits per heavy atom. The second-order valence-corrected chi connectivity index (χ2v) is 5.97. The summed E-state index contributed by atoms with van der Waals surface area (Å²) >= 11 is 9.28. The Morgan fingerprint density at radius 3 is 2.86 bits per heavy atom. The van der Waals surface area contributed by atoms with Crippen molar-refractivity contribution in [1.29, 1.82) is 0 Å². The SMILES string of the molecule is O=C1Cc2ccc(C(=O)Nc3cc(Cl)ccc3Br)cc2N1. The van der Waals surface area contributed by atoms with Crippen LogP contribution in [-0.4, -0.2) is 11.8 Å². The normalized spacial score (nSPS) is 12.8. The van der Waals surface area contributed by atoms with E-state index in [2.05, 4.69) is 26.6 Å². The molecule has 0 aliphatic carbocycles. The molecular formula is C15H10BrClN2O2. The summed E-state index contributed by atoms with van der Waals surface area (Å²) in [6.07, 6.45) is 0.358. The minimum atomic E-state index is -0.262.